The SMILES string of the molecule is CC(C)CC(C)CCCCc1ccccc1C(F)(F)F. The zero-order valence-electron chi connectivity index (χ0n) is 12.6. The van der Waals surface area contributed by atoms with Crippen molar-refractivity contribution in [2.45, 2.75) is 59.1 Å². The summed E-state index contributed by atoms with van der Waals surface area (Å²) >= 11 is 0. The minimum atomic E-state index is -4.23. The Labute approximate surface area is 120 Å². The number of alkyl halides is 3. The average molecular weight is 286 g/mol. The van der Waals surface area contributed by atoms with Crippen LogP contribution in [0, 0.1) is 11.8 Å². The molecule has 0 saturated heterocycles. The Kier molecular flexibility index (Phi) is 6.57. The van der Waals surface area contributed by atoms with Gasteiger partial charge in [-0.15, -0.1) is 0 Å². The van der Waals surface area contributed by atoms with Crippen LogP contribution in [0.1, 0.15) is 57.6 Å². The maximum atomic E-state index is 12.8. The van der Waals surface area contributed by atoms with Gasteiger partial charge in [-0.1, -0.05) is 51.8 Å². The van der Waals surface area contributed by atoms with E-state index in [0.717, 1.165) is 19.3 Å². The van der Waals surface area contributed by atoms with E-state index in [1.807, 2.05) is 0 Å². The lowest BCUT2D eigenvalue weighted by Crippen LogP contribution is -2.09. The van der Waals surface area contributed by atoms with Gasteiger partial charge < -0.3 is 0 Å². The maximum Gasteiger partial charge on any atom is 0.416 e. The normalized spacial score (nSPS) is 13.8. The van der Waals surface area contributed by atoms with Crippen LogP contribution in [-0.2, 0) is 12.6 Å². The first-order valence-electron chi connectivity index (χ1n) is 7.45. The van der Waals surface area contributed by atoms with Crippen molar-refractivity contribution < 1.29 is 13.2 Å². The van der Waals surface area contributed by atoms with Crippen LogP contribution in [0.25, 0.3) is 0 Å². The summed E-state index contributed by atoms with van der Waals surface area (Å²) in [7, 11) is 0. The van der Waals surface area contributed by atoms with Gasteiger partial charge in [0, 0.05) is 0 Å². The summed E-state index contributed by atoms with van der Waals surface area (Å²) in [6.45, 7) is 6.63. The van der Waals surface area contributed by atoms with Gasteiger partial charge in [0.15, 0.2) is 0 Å². The third-order valence-electron chi connectivity index (χ3n) is 3.59. The van der Waals surface area contributed by atoms with Gasteiger partial charge in [0.1, 0.15) is 0 Å². The van der Waals surface area contributed by atoms with E-state index < -0.39 is 11.7 Å². The Morgan fingerprint density at radius 3 is 2.25 bits per heavy atom. The van der Waals surface area contributed by atoms with Gasteiger partial charge in [-0.25, -0.2) is 0 Å². The second-order valence-electron chi connectivity index (χ2n) is 6.14. The predicted molar refractivity (Wildman–Crippen MR) is 77.6 cm³/mol. The molecule has 1 aromatic rings. The summed E-state index contributed by atoms with van der Waals surface area (Å²) in [5, 5.41) is 0. The van der Waals surface area contributed by atoms with Crippen LogP contribution >= 0.6 is 0 Å². The van der Waals surface area contributed by atoms with E-state index in [-0.39, 0.29) is 0 Å². The second-order valence-corrected chi connectivity index (χ2v) is 6.14. The van der Waals surface area contributed by atoms with E-state index in [2.05, 4.69) is 20.8 Å². The van der Waals surface area contributed by atoms with Crippen molar-refractivity contribution >= 4 is 0 Å². The summed E-state index contributed by atoms with van der Waals surface area (Å²) in [6, 6.07) is 5.92. The van der Waals surface area contributed by atoms with Crippen LogP contribution in [0.15, 0.2) is 24.3 Å². The van der Waals surface area contributed by atoms with Crippen LogP contribution in [-0.4, -0.2) is 0 Å². The van der Waals surface area contributed by atoms with E-state index in [4.69, 9.17) is 0 Å². The summed E-state index contributed by atoms with van der Waals surface area (Å²) in [6.07, 6.45) is 0.409. The first-order chi connectivity index (χ1) is 9.30. The zero-order chi connectivity index (χ0) is 15.2. The number of unbranched alkanes of at least 4 members (excludes halogenated alkanes) is 1. The Morgan fingerprint density at radius 1 is 1.00 bits per heavy atom. The Bertz CT molecular complexity index is 393. The summed E-state index contributed by atoms with van der Waals surface area (Å²) in [5.41, 5.74) is -0.0493. The monoisotopic (exact) mass is 286 g/mol. The van der Waals surface area contributed by atoms with Crippen LogP contribution in [0.3, 0.4) is 0 Å². The van der Waals surface area contributed by atoms with Gasteiger partial charge in [-0.2, -0.15) is 13.2 Å². The molecule has 0 saturated carbocycles. The number of rotatable bonds is 7. The highest BCUT2D eigenvalue weighted by atomic mass is 19.4. The standard InChI is InChI=1S/C17H25F3/c1-13(2)12-14(3)8-4-5-9-15-10-6-7-11-16(15)17(18,19)20/h6-7,10-11,13-14H,4-5,8-9,12H2,1-3H3. The van der Waals surface area contributed by atoms with Crippen molar-refractivity contribution in [3.8, 4) is 0 Å². The number of hydrogen-bond acceptors (Lipinski definition) is 0. The summed E-state index contributed by atoms with van der Waals surface area (Å²) < 4.78 is 38.5. The highest BCUT2D eigenvalue weighted by Gasteiger charge is 2.32. The highest BCUT2D eigenvalue weighted by Crippen LogP contribution is 2.32. The lowest BCUT2D eigenvalue weighted by Gasteiger charge is -2.15. The molecule has 1 aromatic carbocycles. The van der Waals surface area contributed by atoms with Gasteiger partial charge in [-0.05, 0) is 42.7 Å². The van der Waals surface area contributed by atoms with Gasteiger partial charge >= 0.3 is 6.18 Å². The van der Waals surface area contributed by atoms with Gasteiger partial charge in [0.2, 0.25) is 0 Å². The van der Waals surface area contributed by atoms with Crippen molar-refractivity contribution in [1.29, 1.82) is 0 Å². The zero-order valence-corrected chi connectivity index (χ0v) is 12.6. The van der Waals surface area contributed by atoms with Crippen LogP contribution < -0.4 is 0 Å². The highest BCUT2D eigenvalue weighted by molar-refractivity contribution is 5.29. The molecule has 0 spiro atoms. The molecule has 3 heteroatoms. The van der Waals surface area contributed by atoms with Gasteiger partial charge in [0.25, 0.3) is 0 Å². The molecule has 0 N–H and O–H groups in total. The molecule has 20 heavy (non-hydrogen) atoms. The van der Waals surface area contributed by atoms with E-state index in [0.29, 0.717) is 23.8 Å². The molecule has 1 rings (SSSR count). The first-order valence-corrected chi connectivity index (χ1v) is 7.45. The van der Waals surface area contributed by atoms with Crippen molar-refractivity contribution in [2.75, 3.05) is 0 Å². The van der Waals surface area contributed by atoms with E-state index in [1.165, 1.54) is 18.6 Å². The minimum absolute atomic E-state index is 0.427. The first kappa shape index (κ1) is 17.1. The molecule has 114 valence electrons. The molecule has 0 aromatic heterocycles. The Balaban J connectivity index is 2.43. The van der Waals surface area contributed by atoms with Crippen molar-refractivity contribution in [1.82, 2.24) is 0 Å². The molecule has 0 fully saturated rings. The molecule has 1 unspecified atom stereocenters. The largest absolute Gasteiger partial charge is 0.416 e. The third kappa shape index (κ3) is 5.98. The number of benzene rings is 1. The lowest BCUT2D eigenvalue weighted by molar-refractivity contribution is -0.138. The van der Waals surface area contributed by atoms with Crippen LogP contribution in [0.2, 0.25) is 0 Å². The second kappa shape index (κ2) is 7.70. The number of hydrogen-bond donors (Lipinski definition) is 0. The molecular weight excluding hydrogens is 261 g/mol. The van der Waals surface area contributed by atoms with E-state index in [9.17, 15) is 13.2 Å². The van der Waals surface area contributed by atoms with Gasteiger partial charge in [-0.3, -0.25) is 0 Å². The predicted octanol–water partition coefficient (Wildman–Crippen LogP) is 6.10. The minimum Gasteiger partial charge on any atom is -0.166 e. The fourth-order valence-electron chi connectivity index (χ4n) is 2.75. The molecular formula is C17H25F3. The fraction of sp³-hybridized carbons (Fsp3) is 0.647. The topological polar surface area (TPSA) is 0 Å². The van der Waals surface area contributed by atoms with Gasteiger partial charge in [0.05, 0.1) is 5.56 Å². The molecule has 0 amide bonds. The molecule has 0 aliphatic carbocycles. The molecule has 0 nitrogen and oxygen atoms in total. The molecule has 0 radical (unpaired) electrons. The maximum absolute atomic E-state index is 12.8. The van der Waals surface area contributed by atoms with Crippen molar-refractivity contribution in [2.24, 2.45) is 11.8 Å². The molecule has 0 aliphatic heterocycles. The van der Waals surface area contributed by atoms with Crippen molar-refractivity contribution in [3.63, 3.8) is 0 Å². The summed E-state index contributed by atoms with van der Waals surface area (Å²) in [5.74, 6) is 1.35. The Hall–Kier alpha value is -0.990. The molecule has 0 heterocycles. The molecule has 1 atom stereocenters. The third-order valence-corrected chi connectivity index (χ3v) is 3.59. The number of halogens is 3. The van der Waals surface area contributed by atoms with Crippen LogP contribution in [0.4, 0.5) is 13.2 Å². The van der Waals surface area contributed by atoms with E-state index in [1.54, 1.807) is 12.1 Å². The lowest BCUT2D eigenvalue weighted by atomic mass is 9.93. The molecule has 0 bridgehead atoms. The summed E-state index contributed by atoms with van der Waals surface area (Å²) in [4.78, 5) is 0. The quantitative estimate of drug-likeness (QED) is 0.531. The smallest absolute Gasteiger partial charge is 0.166 e. The molecule has 0 aliphatic rings. The van der Waals surface area contributed by atoms with E-state index >= 15 is 0 Å². The fourth-order valence-corrected chi connectivity index (χ4v) is 2.75. The average Bonchev–Trinajstić information content (AvgIpc) is 2.33. The van der Waals surface area contributed by atoms with Crippen molar-refractivity contribution in [3.05, 3.63) is 35.4 Å². The van der Waals surface area contributed by atoms with Crippen LogP contribution in [0.5, 0.6) is 0 Å². The Morgan fingerprint density at radius 2 is 1.65 bits per heavy atom. The number of aryl methyl sites for hydroxylation is 1.